The molecule has 3 amide bonds. The molecule has 18 heavy (non-hydrogen) atoms. The molecule has 3 rings (SSSR count). The number of hydrogen-bond donors (Lipinski definition) is 2. The summed E-state index contributed by atoms with van der Waals surface area (Å²) in [6.07, 6.45) is 0.678. The third kappa shape index (κ3) is 1.86. The van der Waals surface area contributed by atoms with Gasteiger partial charge in [-0.2, -0.15) is 0 Å². The molecule has 0 aromatic heterocycles. The van der Waals surface area contributed by atoms with Crippen LogP contribution < -0.4 is 10.6 Å². The highest BCUT2D eigenvalue weighted by molar-refractivity contribution is 6.07. The number of urea groups is 1. The molecule has 2 aliphatic rings. The predicted molar refractivity (Wildman–Crippen MR) is 65.7 cm³/mol. The van der Waals surface area contributed by atoms with Crippen molar-refractivity contribution >= 4 is 11.9 Å². The van der Waals surface area contributed by atoms with Crippen LogP contribution in [0.1, 0.15) is 12.0 Å². The summed E-state index contributed by atoms with van der Waals surface area (Å²) >= 11 is 0. The van der Waals surface area contributed by atoms with Crippen molar-refractivity contribution in [2.45, 2.75) is 18.5 Å². The minimum absolute atomic E-state index is 0.192. The maximum atomic E-state index is 11.8. The number of imide groups is 1. The predicted octanol–water partition coefficient (Wildman–Crippen LogP) is 0.470. The molecule has 0 bridgehead atoms. The van der Waals surface area contributed by atoms with Crippen molar-refractivity contribution in [2.75, 3.05) is 13.1 Å². The molecule has 94 valence electrons. The SMILES string of the molecule is O=C1NC(=O)C2(CCN(Cc3ccccc3)C2)N1. The van der Waals surface area contributed by atoms with Crippen molar-refractivity contribution in [3.63, 3.8) is 0 Å². The lowest BCUT2D eigenvalue weighted by atomic mass is 9.99. The lowest BCUT2D eigenvalue weighted by Gasteiger charge is -2.21. The second kappa shape index (κ2) is 4.10. The number of carbonyl (C=O) groups excluding carboxylic acids is 2. The lowest BCUT2D eigenvalue weighted by molar-refractivity contribution is -0.123. The molecule has 2 saturated heterocycles. The first-order chi connectivity index (χ1) is 8.68. The van der Waals surface area contributed by atoms with Gasteiger partial charge in [0.2, 0.25) is 0 Å². The largest absolute Gasteiger partial charge is 0.322 e. The molecule has 0 aliphatic carbocycles. The lowest BCUT2D eigenvalue weighted by Crippen LogP contribution is -2.48. The Hall–Kier alpha value is -1.88. The van der Waals surface area contributed by atoms with Gasteiger partial charge in [0.1, 0.15) is 5.54 Å². The van der Waals surface area contributed by atoms with Gasteiger partial charge in [0.15, 0.2) is 0 Å². The third-order valence-corrected chi connectivity index (χ3v) is 3.61. The number of nitrogens with one attached hydrogen (secondary N) is 2. The Labute approximate surface area is 105 Å². The summed E-state index contributed by atoms with van der Waals surface area (Å²) in [5.74, 6) is -0.192. The second-order valence-corrected chi connectivity index (χ2v) is 4.94. The Morgan fingerprint density at radius 3 is 2.67 bits per heavy atom. The summed E-state index contributed by atoms with van der Waals surface area (Å²) in [7, 11) is 0. The van der Waals surface area contributed by atoms with Gasteiger partial charge in [-0.15, -0.1) is 0 Å². The number of amides is 3. The monoisotopic (exact) mass is 245 g/mol. The zero-order chi connectivity index (χ0) is 12.6. The van der Waals surface area contributed by atoms with Gasteiger partial charge in [-0.1, -0.05) is 30.3 Å². The second-order valence-electron chi connectivity index (χ2n) is 4.94. The van der Waals surface area contributed by atoms with E-state index in [0.717, 1.165) is 13.1 Å². The van der Waals surface area contributed by atoms with Gasteiger partial charge in [0, 0.05) is 19.6 Å². The van der Waals surface area contributed by atoms with Crippen molar-refractivity contribution in [2.24, 2.45) is 0 Å². The Kier molecular flexibility index (Phi) is 2.56. The molecule has 1 spiro atoms. The fraction of sp³-hybridized carbons (Fsp3) is 0.385. The van der Waals surface area contributed by atoms with E-state index in [-0.39, 0.29) is 11.9 Å². The van der Waals surface area contributed by atoms with E-state index in [1.807, 2.05) is 18.2 Å². The van der Waals surface area contributed by atoms with Gasteiger partial charge in [0.05, 0.1) is 0 Å². The Morgan fingerprint density at radius 2 is 2.00 bits per heavy atom. The number of benzene rings is 1. The van der Waals surface area contributed by atoms with Crippen LogP contribution in [-0.4, -0.2) is 35.5 Å². The van der Waals surface area contributed by atoms with Crippen LogP contribution >= 0.6 is 0 Å². The van der Waals surface area contributed by atoms with Gasteiger partial charge in [-0.05, 0) is 12.0 Å². The molecule has 5 heteroatoms. The van der Waals surface area contributed by atoms with E-state index in [1.54, 1.807) is 0 Å². The molecule has 5 nitrogen and oxygen atoms in total. The minimum Gasteiger partial charge on any atom is -0.322 e. The van der Waals surface area contributed by atoms with Crippen LogP contribution in [-0.2, 0) is 11.3 Å². The molecule has 0 saturated carbocycles. The first-order valence-corrected chi connectivity index (χ1v) is 6.08. The number of carbonyl (C=O) groups is 2. The molecule has 1 atom stereocenters. The van der Waals surface area contributed by atoms with E-state index < -0.39 is 5.54 Å². The zero-order valence-electron chi connectivity index (χ0n) is 9.98. The first-order valence-electron chi connectivity index (χ1n) is 6.08. The number of nitrogens with zero attached hydrogens (tertiary/aromatic N) is 1. The van der Waals surface area contributed by atoms with Crippen LogP contribution in [0.3, 0.4) is 0 Å². The summed E-state index contributed by atoms with van der Waals surface area (Å²) in [6.45, 7) is 2.22. The number of likely N-dealkylation sites (tertiary alicyclic amines) is 1. The molecule has 2 N–H and O–H groups in total. The van der Waals surface area contributed by atoms with E-state index in [4.69, 9.17) is 0 Å². The Bertz CT molecular complexity index is 488. The van der Waals surface area contributed by atoms with Crippen molar-refractivity contribution in [1.29, 1.82) is 0 Å². The molecule has 1 unspecified atom stereocenters. The standard InChI is InChI=1S/C13H15N3O2/c17-11-13(15-12(18)14-11)6-7-16(9-13)8-10-4-2-1-3-5-10/h1-5H,6-9H2,(H2,14,15,17,18). The van der Waals surface area contributed by atoms with E-state index >= 15 is 0 Å². The summed E-state index contributed by atoms with van der Waals surface area (Å²) < 4.78 is 0. The smallest absolute Gasteiger partial charge is 0.322 e. The normalized spacial score (nSPS) is 27.6. The van der Waals surface area contributed by atoms with Crippen molar-refractivity contribution in [3.05, 3.63) is 35.9 Å². The Morgan fingerprint density at radius 1 is 1.22 bits per heavy atom. The zero-order valence-corrected chi connectivity index (χ0v) is 9.98. The van der Waals surface area contributed by atoms with Gasteiger partial charge in [0.25, 0.3) is 5.91 Å². The fourth-order valence-electron chi connectivity index (χ4n) is 2.68. The topological polar surface area (TPSA) is 61.4 Å². The van der Waals surface area contributed by atoms with E-state index in [2.05, 4.69) is 27.7 Å². The number of hydrogen-bond acceptors (Lipinski definition) is 3. The Balaban J connectivity index is 1.69. The van der Waals surface area contributed by atoms with Crippen molar-refractivity contribution < 1.29 is 9.59 Å². The molecule has 0 radical (unpaired) electrons. The maximum Gasteiger partial charge on any atom is 0.322 e. The molecular formula is C13H15N3O2. The molecule has 2 fully saturated rings. The summed E-state index contributed by atoms with van der Waals surface area (Å²) in [5, 5.41) is 5.07. The molecule has 1 aromatic carbocycles. The number of rotatable bonds is 2. The van der Waals surface area contributed by atoms with Crippen molar-refractivity contribution in [1.82, 2.24) is 15.5 Å². The summed E-state index contributed by atoms with van der Waals surface area (Å²) in [5.41, 5.74) is 0.519. The third-order valence-electron chi connectivity index (χ3n) is 3.61. The molecule has 2 heterocycles. The average Bonchev–Trinajstić information content (AvgIpc) is 2.86. The summed E-state index contributed by atoms with van der Waals surface area (Å²) in [4.78, 5) is 25.2. The van der Waals surface area contributed by atoms with Gasteiger partial charge >= 0.3 is 6.03 Å². The highest BCUT2D eigenvalue weighted by Gasteiger charge is 2.50. The quantitative estimate of drug-likeness (QED) is 0.745. The van der Waals surface area contributed by atoms with Crippen LogP contribution in [0.5, 0.6) is 0 Å². The molecule has 2 aliphatic heterocycles. The van der Waals surface area contributed by atoms with E-state index in [9.17, 15) is 9.59 Å². The highest BCUT2D eigenvalue weighted by atomic mass is 16.2. The van der Waals surface area contributed by atoms with Crippen molar-refractivity contribution in [3.8, 4) is 0 Å². The van der Waals surface area contributed by atoms with Crippen LogP contribution in [0.4, 0.5) is 4.79 Å². The highest BCUT2D eigenvalue weighted by Crippen LogP contribution is 2.25. The van der Waals surface area contributed by atoms with Gasteiger partial charge < -0.3 is 5.32 Å². The summed E-state index contributed by atoms with van der Waals surface area (Å²) in [6, 6.07) is 9.76. The van der Waals surface area contributed by atoms with Crippen LogP contribution in [0, 0.1) is 0 Å². The first kappa shape index (κ1) is 11.2. The minimum atomic E-state index is -0.703. The van der Waals surface area contributed by atoms with E-state index in [1.165, 1.54) is 5.56 Å². The van der Waals surface area contributed by atoms with Gasteiger partial charge in [-0.25, -0.2) is 4.79 Å². The molecule has 1 aromatic rings. The van der Waals surface area contributed by atoms with E-state index in [0.29, 0.717) is 13.0 Å². The van der Waals surface area contributed by atoms with Crippen LogP contribution in [0.2, 0.25) is 0 Å². The molecular weight excluding hydrogens is 230 g/mol. The van der Waals surface area contributed by atoms with Crippen LogP contribution in [0.25, 0.3) is 0 Å². The fourth-order valence-corrected chi connectivity index (χ4v) is 2.68. The van der Waals surface area contributed by atoms with Crippen LogP contribution in [0.15, 0.2) is 30.3 Å². The van der Waals surface area contributed by atoms with Gasteiger partial charge in [-0.3, -0.25) is 15.0 Å². The maximum absolute atomic E-state index is 11.8. The average molecular weight is 245 g/mol.